The number of rotatable bonds is 22. The van der Waals surface area contributed by atoms with Crippen molar-refractivity contribution in [1.29, 1.82) is 0 Å². The van der Waals surface area contributed by atoms with Crippen molar-refractivity contribution in [1.82, 2.24) is 16.0 Å². The summed E-state index contributed by atoms with van der Waals surface area (Å²) in [5.41, 5.74) is 5.32. The van der Waals surface area contributed by atoms with E-state index in [0.29, 0.717) is 82.0 Å². The second-order valence-electron chi connectivity index (χ2n) is 25.0. The lowest BCUT2D eigenvalue weighted by atomic mass is 9.46. The van der Waals surface area contributed by atoms with Crippen LogP contribution in [0.2, 0.25) is 0 Å². The number of aliphatic hydroxyl groups excluding tert-OH is 5. The Morgan fingerprint density at radius 1 is 0.905 bits per heavy atom. The first-order chi connectivity index (χ1) is 40.1. The van der Waals surface area contributed by atoms with Gasteiger partial charge in [-0.05, 0) is 131 Å². The van der Waals surface area contributed by atoms with Crippen LogP contribution in [0.15, 0.2) is 66.3 Å². The number of allylic oxidation sites excluding steroid dienone is 4. The normalized spacial score (nSPS) is 36.7. The van der Waals surface area contributed by atoms with Gasteiger partial charge < -0.3 is 86.1 Å². The molecule has 0 aromatic heterocycles. The van der Waals surface area contributed by atoms with Gasteiger partial charge in [0, 0.05) is 48.7 Å². The topological polar surface area (TPSA) is 353 Å². The molecule has 2 aromatic carbocycles. The van der Waals surface area contributed by atoms with Crippen molar-refractivity contribution >= 4 is 41.1 Å². The quantitative estimate of drug-likeness (QED) is 0.0755. The lowest BCUT2D eigenvalue weighted by Crippen LogP contribution is -2.63. The Morgan fingerprint density at radius 3 is 2.35 bits per heavy atom. The Morgan fingerprint density at radius 2 is 1.65 bits per heavy atom. The van der Waals surface area contributed by atoms with Gasteiger partial charge in [-0.15, -0.1) is 0 Å². The molecular formula is C61H81N5O18. The van der Waals surface area contributed by atoms with Crippen LogP contribution in [0.25, 0.3) is 0 Å². The predicted octanol–water partition coefficient (Wildman–Crippen LogP) is 2.66. The van der Waals surface area contributed by atoms with Crippen LogP contribution in [0, 0.1) is 28.6 Å². The predicted molar refractivity (Wildman–Crippen MR) is 298 cm³/mol. The van der Waals surface area contributed by atoms with Crippen LogP contribution in [0.4, 0.5) is 10.5 Å². The highest BCUT2D eigenvalue weighted by atomic mass is 16.7. The van der Waals surface area contributed by atoms with E-state index in [0.717, 1.165) is 29.5 Å². The fourth-order valence-corrected chi connectivity index (χ4v) is 15.4. The molecule has 4 heterocycles. The summed E-state index contributed by atoms with van der Waals surface area (Å²) in [6, 6.07) is 11.8. The molecule has 0 spiro atoms. The number of anilines is 1. The number of Topliss-reactive ketones (excluding diaryl/α,β-unsaturated/α-hetero) is 1. The molecule has 2 bridgehead atoms. The van der Waals surface area contributed by atoms with E-state index in [-0.39, 0.29) is 73.8 Å². The number of carboxylic acids is 1. The van der Waals surface area contributed by atoms with Gasteiger partial charge in [-0.2, -0.15) is 0 Å². The van der Waals surface area contributed by atoms with Gasteiger partial charge >= 0.3 is 12.1 Å². The minimum absolute atomic E-state index is 0.0232. The van der Waals surface area contributed by atoms with Gasteiger partial charge in [0.25, 0.3) is 0 Å². The van der Waals surface area contributed by atoms with Gasteiger partial charge in [-0.3, -0.25) is 19.2 Å². The summed E-state index contributed by atoms with van der Waals surface area (Å²) < 4.78 is 37.1. The molecule has 0 radical (unpaired) electrons. The van der Waals surface area contributed by atoms with Crippen LogP contribution in [-0.2, 0) is 60.7 Å². The van der Waals surface area contributed by atoms with Crippen molar-refractivity contribution in [2.24, 2.45) is 34.3 Å². The van der Waals surface area contributed by atoms with Gasteiger partial charge in [0.15, 0.2) is 29.6 Å². The zero-order chi connectivity index (χ0) is 59.9. The number of alkyl carbamates (subject to hydrolysis) is 1. The molecule has 4 saturated carbocycles. The zero-order valence-electron chi connectivity index (χ0n) is 47.8. The molecule has 23 nitrogen and oxygen atoms in total. The van der Waals surface area contributed by atoms with Crippen molar-refractivity contribution in [3.8, 4) is 5.75 Å². The van der Waals surface area contributed by atoms with E-state index in [9.17, 15) is 59.4 Å². The first-order valence-electron chi connectivity index (χ1n) is 29.6. The summed E-state index contributed by atoms with van der Waals surface area (Å²) in [5, 5.41) is 75.3. The van der Waals surface area contributed by atoms with Gasteiger partial charge in [0.05, 0.1) is 35.6 Å². The molecule has 4 saturated heterocycles. The molecule has 9 aliphatic rings. The Bertz CT molecular complexity index is 2860. The van der Waals surface area contributed by atoms with Crippen molar-refractivity contribution in [3.63, 3.8) is 0 Å². The molecule has 2 aromatic rings. The van der Waals surface area contributed by atoms with Gasteiger partial charge in [-0.25, -0.2) is 9.59 Å². The van der Waals surface area contributed by atoms with Gasteiger partial charge in [-0.1, -0.05) is 55.8 Å². The number of hydrogen-bond donors (Lipinski definition) is 11. The molecule has 12 N–H and O–H groups in total. The lowest BCUT2D eigenvalue weighted by molar-refractivity contribution is -0.271. The molecule has 23 heteroatoms. The minimum Gasteiger partial charge on any atom is -0.479 e. The maximum Gasteiger partial charge on any atom is 0.407 e. The number of unbranched alkanes of at least 4 members (excludes halogenated alkanes) is 1. The highest BCUT2D eigenvalue weighted by Crippen LogP contribution is 2.70. The number of nitrogens with one attached hydrogen (secondary N) is 4. The molecular weight excluding hydrogens is 1090 g/mol. The van der Waals surface area contributed by atoms with Crippen LogP contribution in [0.5, 0.6) is 5.75 Å². The summed E-state index contributed by atoms with van der Waals surface area (Å²) in [5.74, 6) is -2.81. The summed E-state index contributed by atoms with van der Waals surface area (Å²) in [7, 11) is 0. The van der Waals surface area contributed by atoms with E-state index in [1.807, 2.05) is 37.3 Å². The number of aliphatic carboxylic acids is 1. The maximum absolute atomic E-state index is 14.1. The summed E-state index contributed by atoms with van der Waals surface area (Å²) >= 11 is 0. The molecule has 15 atom stereocenters. The Balaban J connectivity index is 0.733. The highest BCUT2D eigenvalue weighted by molar-refractivity contribution is 6.01. The number of aliphatic hydroxyl groups is 5. The largest absolute Gasteiger partial charge is 0.479 e. The van der Waals surface area contributed by atoms with Crippen LogP contribution in [0.1, 0.15) is 121 Å². The van der Waals surface area contributed by atoms with Gasteiger partial charge in [0.1, 0.15) is 43.3 Å². The van der Waals surface area contributed by atoms with Crippen LogP contribution < -0.4 is 31.7 Å². The van der Waals surface area contributed by atoms with Crippen molar-refractivity contribution < 1.29 is 87.8 Å². The Hall–Kier alpha value is -5.86. The van der Waals surface area contributed by atoms with E-state index in [2.05, 4.69) is 28.2 Å². The number of fused-ring (bicyclic) bond motifs is 10. The van der Waals surface area contributed by atoms with E-state index in [1.165, 1.54) is 13.0 Å². The third-order valence-electron chi connectivity index (χ3n) is 19.8. The molecule has 5 aliphatic carbocycles. The number of ether oxygens (including phenoxy) is 6. The molecule has 11 rings (SSSR count). The first kappa shape index (κ1) is 61.2. The molecule has 84 heavy (non-hydrogen) atoms. The number of nitrogens with two attached hydrogens (primary N) is 1. The van der Waals surface area contributed by atoms with Crippen LogP contribution in [-0.4, -0.2) is 165 Å². The maximum atomic E-state index is 14.1. The van der Waals surface area contributed by atoms with Gasteiger partial charge in [0.2, 0.25) is 18.1 Å². The second kappa shape index (κ2) is 24.5. The van der Waals surface area contributed by atoms with E-state index in [1.54, 1.807) is 24.3 Å². The zero-order valence-corrected chi connectivity index (χ0v) is 47.8. The number of carboxylic acid groups (broad SMARTS) is 1. The van der Waals surface area contributed by atoms with E-state index in [4.69, 9.17) is 34.2 Å². The third kappa shape index (κ3) is 11.6. The minimum atomic E-state index is -1.93. The molecule has 4 aliphatic heterocycles. The molecule has 8 fully saturated rings. The number of carbonyl (C=O) groups is 6. The number of benzene rings is 2. The fourth-order valence-electron chi connectivity index (χ4n) is 15.4. The lowest BCUT2D eigenvalue weighted by Gasteiger charge is -2.59. The Labute approximate surface area is 487 Å². The number of ketones is 2. The van der Waals surface area contributed by atoms with Crippen molar-refractivity contribution in [2.75, 3.05) is 38.2 Å². The molecule has 3 amide bonds. The summed E-state index contributed by atoms with van der Waals surface area (Å²) in [6.07, 6.45) is 0.763. The fraction of sp³-hybridized carbons (Fsp3) is 0.639. The first-order valence-corrected chi connectivity index (χ1v) is 29.6. The van der Waals surface area contributed by atoms with Crippen LogP contribution >= 0.6 is 0 Å². The average molecular weight is 1170 g/mol. The number of carbonyl (C=O) groups excluding carboxylic acids is 5. The standard InChI is InChI=1S/C61H81N5O18/c1-33(68)65-41(7-4-5-22-62)52(75)64-24-6-23-63-42-25-35(10-15-44(42)81-55-50(74)48(72)49(73)51(83-55)53(76)77)31-79-56(78)66-59-18-20-60(21-19-59,80-32-59)28-34-8-11-36(12-9-34)54-82-46-27-40-39-14-13-37-26-38(69)16-17-57(37,2)47(39)43(70)29-58(40,3)61(46,84-54)45(71)30-67/h8-12,15-17,25-26,39-41,43,46-51,54-55,63,67,70,72-74H,4-7,13-14,18-24,27-32,62H2,1-3H3,(H,64,75)(H,65,68)(H,66,78)(H,76,77)/t39-,40-,41-,43-,46+,47+,48-,49-,50+,51-,54+,55+,57-,58-,59?,60?,61+/m0/s1. The van der Waals surface area contributed by atoms with E-state index >= 15 is 0 Å². The highest BCUT2D eigenvalue weighted by Gasteiger charge is 2.76. The van der Waals surface area contributed by atoms with Crippen molar-refractivity contribution in [2.45, 2.75) is 183 Å². The number of hydrogen-bond acceptors (Lipinski definition) is 19. The van der Waals surface area contributed by atoms with Crippen molar-refractivity contribution in [3.05, 3.63) is 83.0 Å². The SMILES string of the molecule is CC(=O)N[C@@H](CCCCN)C(=O)NCCCNc1cc(COC(=O)NC23CCC(Cc4ccc([C@@H]5O[C@@H]6C[C@H]7[C@@H]8CCC9=CC(=O)C=C[C@]9(C)[C@H]8[C@@H](O)C[C@]7(C)[C@]6(C(=O)CO)O5)cc4)(CC2)OC3)ccc1O[C@@H]1O[C@H](C(=O)O)[C@@H](O)[C@H](O)[C@H]1O. The molecule has 0 unspecified atom stereocenters. The smallest absolute Gasteiger partial charge is 0.407 e. The third-order valence-corrected chi connectivity index (χ3v) is 19.8. The van der Waals surface area contributed by atoms with Crippen LogP contribution in [0.3, 0.4) is 0 Å². The monoisotopic (exact) mass is 1170 g/mol. The molecule has 458 valence electrons. The average Bonchev–Trinajstić information content (AvgIpc) is 1.50. The summed E-state index contributed by atoms with van der Waals surface area (Å²) in [4.78, 5) is 76.5. The number of amides is 3. The van der Waals surface area contributed by atoms with E-state index < -0.39 is 107 Å². The second-order valence-corrected chi connectivity index (χ2v) is 25.0. The Kier molecular flexibility index (Phi) is 17.9. The summed E-state index contributed by atoms with van der Waals surface area (Å²) in [6.45, 7) is 5.75.